The van der Waals surface area contributed by atoms with Crippen LogP contribution in [0.25, 0.3) is 0 Å². The van der Waals surface area contributed by atoms with Crippen LogP contribution in [0.5, 0.6) is 0 Å². The monoisotopic (exact) mass is 293 g/mol. The van der Waals surface area contributed by atoms with Gasteiger partial charge in [-0.25, -0.2) is 0 Å². The van der Waals surface area contributed by atoms with E-state index in [1.54, 1.807) is 13.8 Å². The summed E-state index contributed by atoms with van der Waals surface area (Å²) in [6.07, 6.45) is 0.481. The summed E-state index contributed by atoms with van der Waals surface area (Å²) in [7, 11) is 0. The minimum atomic E-state index is -0.523. The van der Waals surface area contributed by atoms with Crippen molar-refractivity contribution in [3.63, 3.8) is 0 Å². The quantitative estimate of drug-likeness (QED) is 0.722. The minimum Gasteiger partial charge on any atom is -0.466 e. The number of ether oxygens (including phenoxy) is 2. The zero-order valence-corrected chi connectivity index (χ0v) is 13.1. The number of pyridine rings is 1. The van der Waals surface area contributed by atoms with Gasteiger partial charge in [0.15, 0.2) is 0 Å². The maximum Gasteiger partial charge on any atom is 0.309 e. The molecular weight excluding hydrogens is 270 g/mol. The standard InChI is InChI=1S/C16H23NO4/c1-5-20-15(18)10-14(16(19)21-6-2)9-13-7-11(3)17-12(4)8-13/h7-8,14H,5-6,9-10H2,1-4H3. The lowest BCUT2D eigenvalue weighted by atomic mass is 9.96. The van der Waals surface area contributed by atoms with Gasteiger partial charge in [0, 0.05) is 11.4 Å². The zero-order valence-electron chi connectivity index (χ0n) is 13.1. The Kier molecular flexibility index (Phi) is 6.85. The van der Waals surface area contributed by atoms with E-state index in [0.29, 0.717) is 19.6 Å². The fourth-order valence-corrected chi connectivity index (χ4v) is 2.24. The number of carbonyl (C=O) groups is 2. The number of esters is 2. The molecule has 0 saturated heterocycles. The molecule has 5 heteroatoms. The van der Waals surface area contributed by atoms with E-state index >= 15 is 0 Å². The van der Waals surface area contributed by atoms with Crippen LogP contribution in [0.3, 0.4) is 0 Å². The molecule has 0 fully saturated rings. The van der Waals surface area contributed by atoms with Crippen LogP contribution in [0, 0.1) is 19.8 Å². The smallest absolute Gasteiger partial charge is 0.309 e. The van der Waals surface area contributed by atoms with Crippen LogP contribution in [0.2, 0.25) is 0 Å². The molecule has 0 N–H and O–H groups in total. The molecule has 0 aliphatic heterocycles. The highest BCUT2D eigenvalue weighted by atomic mass is 16.5. The second kappa shape index (κ2) is 8.39. The van der Waals surface area contributed by atoms with Crippen LogP contribution in [0.4, 0.5) is 0 Å². The molecule has 0 amide bonds. The van der Waals surface area contributed by atoms with E-state index in [0.717, 1.165) is 17.0 Å². The zero-order chi connectivity index (χ0) is 15.8. The maximum atomic E-state index is 12.0. The maximum absolute atomic E-state index is 12.0. The van der Waals surface area contributed by atoms with Crippen LogP contribution >= 0.6 is 0 Å². The van der Waals surface area contributed by atoms with Gasteiger partial charge in [0.1, 0.15) is 0 Å². The Morgan fingerprint density at radius 2 is 1.67 bits per heavy atom. The molecular formula is C16H23NO4. The first-order valence-corrected chi connectivity index (χ1v) is 7.22. The predicted octanol–water partition coefficient (Wildman–Crippen LogP) is 2.37. The molecule has 21 heavy (non-hydrogen) atoms. The van der Waals surface area contributed by atoms with Crippen molar-refractivity contribution in [1.29, 1.82) is 0 Å². The molecule has 0 spiro atoms. The van der Waals surface area contributed by atoms with Crippen LogP contribution < -0.4 is 0 Å². The Hall–Kier alpha value is -1.91. The fourth-order valence-electron chi connectivity index (χ4n) is 2.24. The molecule has 116 valence electrons. The third-order valence-corrected chi connectivity index (χ3v) is 2.96. The predicted molar refractivity (Wildman–Crippen MR) is 78.8 cm³/mol. The summed E-state index contributed by atoms with van der Waals surface area (Å²) in [5.41, 5.74) is 2.76. The third kappa shape index (κ3) is 5.94. The minimum absolute atomic E-state index is 0.0348. The largest absolute Gasteiger partial charge is 0.466 e. The van der Waals surface area contributed by atoms with Crippen molar-refractivity contribution in [1.82, 2.24) is 4.98 Å². The number of hydrogen-bond donors (Lipinski definition) is 0. The summed E-state index contributed by atoms with van der Waals surface area (Å²) in [6.45, 7) is 7.91. The first-order chi connectivity index (χ1) is 9.96. The third-order valence-electron chi connectivity index (χ3n) is 2.96. The first-order valence-electron chi connectivity index (χ1n) is 7.22. The van der Waals surface area contributed by atoms with Gasteiger partial charge < -0.3 is 9.47 Å². The lowest BCUT2D eigenvalue weighted by Gasteiger charge is -2.15. The molecule has 0 bridgehead atoms. The molecule has 0 aliphatic carbocycles. The van der Waals surface area contributed by atoms with Crippen molar-refractivity contribution in [3.05, 3.63) is 29.1 Å². The normalized spacial score (nSPS) is 11.8. The molecule has 1 heterocycles. The van der Waals surface area contributed by atoms with Gasteiger partial charge in [-0.2, -0.15) is 0 Å². The van der Waals surface area contributed by atoms with Crippen molar-refractivity contribution in [3.8, 4) is 0 Å². The van der Waals surface area contributed by atoms with E-state index in [2.05, 4.69) is 4.98 Å². The van der Waals surface area contributed by atoms with E-state index in [1.807, 2.05) is 26.0 Å². The molecule has 1 aromatic heterocycles. The fraction of sp³-hybridized carbons (Fsp3) is 0.562. The molecule has 0 aliphatic rings. The highest BCUT2D eigenvalue weighted by Gasteiger charge is 2.24. The van der Waals surface area contributed by atoms with E-state index in [9.17, 15) is 9.59 Å². The summed E-state index contributed by atoms with van der Waals surface area (Å²) in [4.78, 5) is 28.0. The SMILES string of the molecule is CCOC(=O)CC(Cc1cc(C)nc(C)c1)C(=O)OCC. The average Bonchev–Trinajstić information content (AvgIpc) is 2.37. The van der Waals surface area contributed by atoms with Gasteiger partial charge in [-0.3, -0.25) is 14.6 Å². The van der Waals surface area contributed by atoms with E-state index in [4.69, 9.17) is 9.47 Å². The Morgan fingerprint density at radius 3 is 2.19 bits per heavy atom. The molecule has 0 saturated carbocycles. The lowest BCUT2D eigenvalue weighted by molar-refractivity contribution is -0.154. The highest BCUT2D eigenvalue weighted by Crippen LogP contribution is 2.17. The highest BCUT2D eigenvalue weighted by molar-refractivity contribution is 5.80. The first kappa shape index (κ1) is 17.1. The van der Waals surface area contributed by atoms with Gasteiger partial charge in [0.25, 0.3) is 0 Å². The Labute approximate surface area is 125 Å². The van der Waals surface area contributed by atoms with Gasteiger partial charge in [-0.1, -0.05) is 0 Å². The second-order valence-corrected chi connectivity index (χ2v) is 4.92. The van der Waals surface area contributed by atoms with Crippen molar-refractivity contribution < 1.29 is 19.1 Å². The number of hydrogen-bond acceptors (Lipinski definition) is 5. The van der Waals surface area contributed by atoms with Crippen molar-refractivity contribution in [2.75, 3.05) is 13.2 Å². The topological polar surface area (TPSA) is 65.5 Å². The van der Waals surface area contributed by atoms with Crippen LogP contribution in [-0.4, -0.2) is 30.1 Å². The van der Waals surface area contributed by atoms with E-state index < -0.39 is 5.92 Å². The van der Waals surface area contributed by atoms with Gasteiger partial charge in [-0.05, 0) is 51.8 Å². The van der Waals surface area contributed by atoms with Crippen LogP contribution in [0.1, 0.15) is 37.2 Å². The van der Waals surface area contributed by atoms with Gasteiger partial charge in [0.2, 0.25) is 0 Å². The summed E-state index contributed by atoms with van der Waals surface area (Å²) >= 11 is 0. The number of rotatable bonds is 7. The van der Waals surface area contributed by atoms with E-state index in [1.165, 1.54) is 0 Å². The van der Waals surface area contributed by atoms with Gasteiger partial charge in [-0.15, -0.1) is 0 Å². The number of aromatic nitrogens is 1. The lowest BCUT2D eigenvalue weighted by Crippen LogP contribution is -2.24. The molecule has 5 nitrogen and oxygen atoms in total. The summed E-state index contributed by atoms with van der Waals surface area (Å²) < 4.78 is 9.98. The Bertz CT molecular complexity index is 479. The molecule has 1 unspecified atom stereocenters. The van der Waals surface area contributed by atoms with E-state index in [-0.39, 0.29) is 18.4 Å². The molecule has 1 atom stereocenters. The average molecular weight is 293 g/mol. The molecule has 0 radical (unpaired) electrons. The molecule has 1 aromatic rings. The van der Waals surface area contributed by atoms with Gasteiger partial charge in [0.05, 0.1) is 25.6 Å². The van der Waals surface area contributed by atoms with Crippen LogP contribution in [-0.2, 0) is 25.5 Å². The summed E-state index contributed by atoms with van der Waals surface area (Å²) in [6, 6.07) is 3.84. The summed E-state index contributed by atoms with van der Waals surface area (Å²) in [5, 5.41) is 0. The Balaban J connectivity index is 2.85. The second-order valence-electron chi connectivity index (χ2n) is 4.92. The van der Waals surface area contributed by atoms with Gasteiger partial charge >= 0.3 is 11.9 Å². The number of nitrogens with zero attached hydrogens (tertiary/aromatic N) is 1. The molecule has 0 aromatic carbocycles. The number of carbonyl (C=O) groups excluding carboxylic acids is 2. The van der Waals surface area contributed by atoms with Crippen molar-refractivity contribution >= 4 is 11.9 Å². The van der Waals surface area contributed by atoms with Crippen LogP contribution in [0.15, 0.2) is 12.1 Å². The number of aryl methyl sites for hydroxylation is 2. The molecule has 1 rings (SSSR count). The Morgan fingerprint density at radius 1 is 1.10 bits per heavy atom. The summed E-state index contributed by atoms with van der Waals surface area (Å²) in [5.74, 6) is -1.26. The van der Waals surface area contributed by atoms with Crippen molar-refractivity contribution in [2.45, 2.75) is 40.5 Å². The van der Waals surface area contributed by atoms with Crippen molar-refractivity contribution in [2.24, 2.45) is 5.92 Å².